The number of carbonyl (C=O) groups is 3. The Kier molecular flexibility index (Phi) is 5.44. The molecule has 1 aliphatic heterocycles. The first-order valence-corrected chi connectivity index (χ1v) is 9.21. The number of carbonyl (C=O) groups excluding carboxylic acids is 3. The average Bonchev–Trinajstić information content (AvgIpc) is 3.19. The van der Waals surface area contributed by atoms with E-state index >= 15 is 0 Å². The molecule has 7 nitrogen and oxygen atoms in total. The molecule has 0 atom stereocenters. The topological polar surface area (TPSA) is 87.7 Å². The Labute approximate surface area is 153 Å². The van der Waals surface area contributed by atoms with Crippen molar-refractivity contribution in [1.82, 2.24) is 15.5 Å². The first-order valence-electron chi connectivity index (χ1n) is 9.21. The first-order chi connectivity index (χ1) is 12.6. The molecule has 1 aliphatic carbocycles. The first kappa shape index (κ1) is 18.2. The number of benzene rings is 1. The Hall–Kier alpha value is -2.57. The van der Waals surface area contributed by atoms with Gasteiger partial charge in [-0.1, -0.05) is 25.0 Å². The summed E-state index contributed by atoms with van der Waals surface area (Å²) in [5.41, 5.74) is -0.189. The zero-order valence-corrected chi connectivity index (χ0v) is 15.0. The minimum Gasteiger partial charge on any atom is -0.493 e. The monoisotopic (exact) mass is 359 g/mol. The second-order valence-corrected chi connectivity index (χ2v) is 6.71. The van der Waals surface area contributed by atoms with Crippen LogP contribution in [0.15, 0.2) is 24.3 Å². The highest BCUT2D eigenvalue weighted by atomic mass is 16.5. The van der Waals surface area contributed by atoms with Gasteiger partial charge in [0.2, 0.25) is 0 Å². The molecule has 1 heterocycles. The molecule has 1 saturated carbocycles. The summed E-state index contributed by atoms with van der Waals surface area (Å²) in [6, 6.07) is 6.75. The van der Waals surface area contributed by atoms with Gasteiger partial charge in [0.05, 0.1) is 12.2 Å². The maximum absolute atomic E-state index is 12.5. The van der Waals surface area contributed by atoms with Crippen molar-refractivity contribution < 1.29 is 19.1 Å². The zero-order valence-electron chi connectivity index (χ0n) is 15.0. The molecule has 0 bridgehead atoms. The van der Waals surface area contributed by atoms with Crippen molar-refractivity contribution >= 4 is 17.8 Å². The predicted octanol–water partition coefficient (Wildman–Crippen LogP) is 2.07. The Morgan fingerprint density at radius 2 is 2.00 bits per heavy atom. The van der Waals surface area contributed by atoms with Crippen LogP contribution in [-0.4, -0.2) is 48.0 Å². The molecule has 2 fully saturated rings. The molecule has 2 N–H and O–H groups in total. The molecule has 7 heteroatoms. The lowest BCUT2D eigenvalue weighted by Crippen LogP contribution is -2.44. The summed E-state index contributed by atoms with van der Waals surface area (Å²) in [4.78, 5) is 38.2. The molecule has 1 aromatic carbocycles. The zero-order chi connectivity index (χ0) is 18.6. The van der Waals surface area contributed by atoms with E-state index in [9.17, 15) is 14.4 Å². The van der Waals surface area contributed by atoms with Crippen LogP contribution in [0.5, 0.6) is 5.75 Å². The van der Waals surface area contributed by atoms with E-state index in [1.807, 2.05) is 13.0 Å². The van der Waals surface area contributed by atoms with Crippen molar-refractivity contribution in [1.29, 1.82) is 0 Å². The van der Waals surface area contributed by atoms with Gasteiger partial charge in [0, 0.05) is 13.1 Å². The molecule has 26 heavy (non-hydrogen) atoms. The van der Waals surface area contributed by atoms with Gasteiger partial charge in [0.15, 0.2) is 0 Å². The number of urea groups is 1. The molecular formula is C19H25N3O4. The smallest absolute Gasteiger partial charge is 0.325 e. The van der Waals surface area contributed by atoms with Crippen LogP contribution in [0.1, 0.15) is 49.4 Å². The highest BCUT2D eigenvalue weighted by Gasteiger charge is 2.51. The quantitative estimate of drug-likeness (QED) is 0.576. The van der Waals surface area contributed by atoms with Crippen LogP contribution < -0.4 is 15.4 Å². The number of para-hydroxylation sites is 1. The molecular weight excluding hydrogens is 334 g/mol. The van der Waals surface area contributed by atoms with Gasteiger partial charge in [0.25, 0.3) is 11.8 Å². The minimum atomic E-state index is -0.670. The second-order valence-electron chi connectivity index (χ2n) is 6.71. The lowest BCUT2D eigenvalue weighted by molar-refractivity contribution is -0.131. The fourth-order valence-corrected chi connectivity index (χ4v) is 3.67. The summed E-state index contributed by atoms with van der Waals surface area (Å²) >= 11 is 0. The molecule has 3 rings (SSSR count). The van der Waals surface area contributed by atoms with Crippen LogP contribution in [0, 0.1) is 0 Å². The third-order valence-electron chi connectivity index (χ3n) is 4.98. The van der Waals surface area contributed by atoms with Crippen molar-refractivity contribution in [2.45, 2.75) is 44.6 Å². The van der Waals surface area contributed by atoms with Gasteiger partial charge in [-0.25, -0.2) is 4.79 Å². The molecule has 2 aliphatic rings. The van der Waals surface area contributed by atoms with Gasteiger partial charge in [-0.05, 0) is 38.3 Å². The van der Waals surface area contributed by atoms with E-state index < -0.39 is 5.54 Å². The second kappa shape index (κ2) is 7.76. The van der Waals surface area contributed by atoms with Crippen LogP contribution >= 0.6 is 0 Å². The predicted molar refractivity (Wildman–Crippen MR) is 96.0 cm³/mol. The van der Waals surface area contributed by atoms with Gasteiger partial charge in [-0.3, -0.25) is 14.5 Å². The number of hydrogen-bond acceptors (Lipinski definition) is 4. The molecule has 1 spiro atoms. The average molecular weight is 359 g/mol. The molecule has 1 saturated heterocycles. The summed E-state index contributed by atoms with van der Waals surface area (Å²) < 4.78 is 5.46. The molecule has 0 radical (unpaired) electrons. The number of hydrogen-bond donors (Lipinski definition) is 2. The number of amides is 4. The van der Waals surface area contributed by atoms with Crippen molar-refractivity contribution in [2.24, 2.45) is 0 Å². The van der Waals surface area contributed by atoms with Gasteiger partial charge < -0.3 is 15.4 Å². The Balaban J connectivity index is 1.49. The lowest BCUT2D eigenvalue weighted by atomic mass is 9.98. The van der Waals surface area contributed by atoms with Crippen molar-refractivity contribution in [2.75, 3.05) is 19.7 Å². The molecule has 4 amide bonds. The number of imide groups is 1. The summed E-state index contributed by atoms with van der Waals surface area (Å²) in [6.45, 7) is 3.03. The number of rotatable bonds is 7. The summed E-state index contributed by atoms with van der Waals surface area (Å²) in [6.07, 6.45) is 3.89. The van der Waals surface area contributed by atoms with E-state index in [1.54, 1.807) is 18.2 Å². The fourth-order valence-electron chi connectivity index (χ4n) is 3.67. The van der Waals surface area contributed by atoms with E-state index in [0.29, 0.717) is 37.4 Å². The number of nitrogens with zero attached hydrogens (tertiary/aromatic N) is 1. The maximum Gasteiger partial charge on any atom is 0.325 e. The summed E-state index contributed by atoms with van der Waals surface area (Å²) in [5, 5.41) is 5.68. The molecule has 140 valence electrons. The molecule has 0 aromatic heterocycles. The molecule has 1 aromatic rings. The highest BCUT2D eigenvalue weighted by Crippen LogP contribution is 2.34. The van der Waals surface area contributed by atoms with Crippen LogP contribution in [0.25, 0.3) is 0 Å². The van der Waals surface area contributed by atoms with Gasteiger partial charge in [-0.2, -0.15) is 0 Å². The van der Waals surface area contributed by atoms with Gasteiger partial charge in [0.1, 0.15) is 11.3 Å². The van der Waals surface area contributed by atoms with E-state index in [4.69, 9.17) is 4.74 Å². The van der Waals surface area contributed by atoms with E-state index in [-0.39, 0.29) is 17.8 Å². The molecule has 0 unspecified atom stereocenters. The van der Waals surface area contributed by atoms with Crippen LogP contribution in [-0.2, 0) is 4.79 Å². The van der Waals surface area contributed by atoms with Crippen LogP contribution in [0.3, 0.4) is 0 Å². The van der Waals surface area contributed by atoms with Gasteiger partial charge in [-0.15, -0.1) is 0 Å². The minimum absolute atomic E-state index is 0.118. The maximum atomic E-state index is 12.5. The van der Waals surface area contributed by atoms with E-state index in [2.05, 4.69) is 10.6 Å². The lowest BCUT2D eigenvalue weighted by Gasteiger charge is -2.20. The van der Waals surface area contributed by atoms with Crippen molar-refractivity contribution in [3.63, 3.8) is 0 Å². The van der Waals surface area contributed by atoms with Crippen molar-refractivity contribution in [3.05, 3.63) is 29.8 Å². The third-order valence-corrected chi connectivity index (χ3v) is 4.98. The SMILES string of the molecule is CCOc1ccccc1C(=O)NCCCN1C(=O)NC2(CCCC2)C1=O. The Morgan fingerprint density at radius 1 is 1.27 bits per heavy atom. The van der Waals surface area contributed by atoms with E-state index in [0.717, 1.165) is 25.7 Å². The Bertz CT molecular complexity index is 698. The standard InChI is InChI=1S/C19H25N3O4/c1-2-26-15-9-4-3-8-14(15)16(23)20-12-7-13-22-17(24)19(21-18(22)25)10-5-6-11-19/h3-4,8-9H,2,5-7,10-13H2,1H3,(H,20,23)(H,21,25). The van der Waals surface area contributed by atoms with Gasteiger partial charge >= 0.3 is 6.03 Å². The third kappa shape index (κ3) is 3.52. The normalized spacial score (nSPS) is 18.3. The van der Waals surface area contributed by atoms with Crippen molar-refractivity contribution in [3.8, 4) is 5.75 Å². The number of nitrogens with one attached hydrogen (secondary N) is 2. The Morgan fingerprint density at radius 3 is 2.73 bits per heavy atom. The van der Waals surface area contributed by atoms with Crippen LogP contribution in [0.4, 0.5) is 4.79 Å². The largest absolute Gasteiger partial charge is 0.493 e. The fraction of sp³-hybridized carbons (Fsp3) is 0.526. The van der Waals surface area contributed by atoms with Crippen LogP contribution in [0.2, 0.25) is 0 Å². The van der Waals surface area contributed by atoms with E-state index in [1.165, 1.54) is 4.90 Å². The summed E-state index contributed by atoms with van der Waals surface area (Å²) in [7, 11) is 0. The summed E-state index contributed by atoms with van der Waals surface area (Å²) in [5.74, 6) is 0.205. The highest BCUT2D eigenvalue weighted by molar-refractivity contribution is 6.07. The number of ether oxygens (including phenoxy) is 1.